The highest BCUT2D eigenvalue weighted by atomic mass is 79.9. The molecule has 1 unspecified atom stereocenters. The van der Waals surface area contributed by atoms with Gasteiger partial charge in [-0.25, -0.2) is 0 Å². The second-order valence-electron chi connectivity index (χ2n) is 5.17. The molecule has 0 spiro atoms. The number of carbonyl (C=O) groups is 2. The fourth-order valence-corrected chi connectivity index (χ4v) is 3.03. The summed E-state index contributed by atoms with van der Waals surface area (Å²) in [7, 11) is 0. The van der Waals surface area contributed by atoms with Gasteiger partial charge in [0.1, 0.15) is 12.0 Å². The molecule has 0 aromatic heterocycles. The van der Waals surface area contributed by atoms with Crippen LogP contribution in [0.4, 0.5) is 0 Å². The van der Waals surface area contributed by atoms with Crippen molar-refractivity contribution in [3.8, 4) is 5.75 Å². The average Bonchev–Trinajstić information content (AvgIpc) is 2.41. The van der Waals surface area contributed by atoms with Crippen molar-refractivity contribution in [3.05, 3.63) is 26.6 Å². The summed E-state index contributed by atoms with van der Waals surface area (Å²) < 4.78 is 6.92. The number of amides is 1. The van der Waals surface area contributed by atoms with E-state index in [0.29, 0.717) is 32.7 Å². The normalized spacial score (nSPS) is 12.1. The second-order valence-corrected chi connectivity index (χ2v) is 6.87. The summed E-state index contributed by atoms with van der Waals surface area (Å²) in [6.07, 6.45) is 1.06. The van der Waals surface area contributed by atoms with Gasteiger partial charge in [-0.2, -0.15) is 0 Å². The number of nitrogens with one attached hydrogen (secondary N) is 1. The van der Waals surface area contributed by atoms with Crippen LogP contribution in [0.5, 0.6) is 5.75 Å². The fraction of sp³-hybridized carbons (Fsp3) is 0.467. The lowest BCUT2D eigenvalue weighted by Crippen LogP contribution is -2.37. The van der Waals surface area contributed by atoms with Crippen LogP contribution in [0.25, 0.3) is 0 Å². The number of benzene rings is 1. The van der Waals surface area contributed by atoms with Gasteiger partial charge in [0, 0.05) is 12.1 Å². The van der Waals surface area contributed by atoms with Crippen LogP contribution in [-0.4, -0.2) is 24.8 Å². The summed E-state index contributed by atoms with van der Waals surface area (Å²) >= 11 is 6.69. The predicted molar refractivity (Wildman–Crippen MR) is 89.8 cm³/mol. The number of rotatable bonds is 7. The third-order valence-corrected chi connectivity index (χ3v) is 4.02. The summed E-state index contributed by atoms with van der Waals surface area (Å²) in [4.78, 5) is 22.7. The van der Waals surface area contributed by atoms with E-state index in [0.717, 1.165) is 12.7 Å². The molecule has 1 aromatic rings. The molecular weight excluding hydrogens is 402 g/mol. The molecule has 0 aliphatic heterocycles. The van der Waals surface area contributed by atoms with Crippen LogP contribution in [0.1, 0.15) is 37.6 Å². The fourth-order valence-electron chi connectivity index (χ4n) is 1.62. The van der Waals surface area contributed by atoms with Crippen molar-refractivity contribution in [1.29, 1.82) is 0 Å². The maximum absolute atomic E-state index is 12.0. The van der Waals surface area contributed by atoms with Crippen molar-refractivity contribution < 1.29 is 14.3 Å². The van der Waals surface area contributed by atoms with Crippen LogP contribution in [0.15, 0.2) is 21.1 Å². The molecule has 0 radical (unpaired) electrons. The van der Waals surface area contributed by atoms with E-state index >= 15 is 0 Å². The first-order valence-corrected chi connectivity index (χ1v) is 8.32. The van der Waals surface area contributed by atoms with E-state index in [-0.39, 0.29) is 5.91 Å². The third-order valence-electron chi connectivity index (χ3n) is 2.84. The summed E-state index contributed by atoms with van der Waals surface area (Å²) in [5.41, 5.74) is 0.523. The van der Waals surface area contributed by atoms with Crippen LogP contribution in [0, 0.1) is 5.92 Å². The van der Waals surface area contributed by atoms with Crippen LogP contribution in [0.3, 0.4) is 0 Å². The van der Waals surface area contributed by atoms with E-state index in [9.17, 15) is 9.59 Å². The van der Waals surface area contributed by atoms with Crippen molar-refractivity contribution in [2.45, 2.75) is 33.3 Å². The molecule has 1 rings (SSSR count). The van der Waals surface area contributed by atoms with E-state index < -0.39 is 6.10 Å². The Kier molecular flexibility index (Phi) is 7.39. The molecule has 0 fully saturated rings. The van der Waals surface area contributed by atoms with Gasteiger partial charge < -0.3 is 10.1 Å². The standard InChI is InChI=1S/C15H19Br2NO3/c1-9(2)4-5-18-15(20)10(3)21-14-12(16)6-11(8-19)7-13(14)17/h6-10H,4-5H2,1-3H3,(H,18,20). The molecule has 116 valence electrons. The number of aldehydes is 1. The van der Waals surface area contributed by atoms with Gasteiger partial charge in [-0.3, -0.25) is 9.59 Å². The van der Waals surface area contributed by atoms with Crippen LogP contribution in [0.2, 0.25) is 0 Å². The highest BCUT2D eigenvalue weighted by Crippen LogP contribution is 2.35. The molecule has 0 bridgehead atoms. The van der Waals surface area contributed by atoms with Crippen LogP contribution in [-0.2, 0) is 4.79 Å². The zero-order valence-electron chi connectivity index (χ0n) is 12.3. The summed E-state index contributed by atoms with van der Waals surface area (Å²) in [6, 6.07) is 3.30. The van der Waals surface area contributed by atoms with Gasteiger partial charge in [-0.15, -0.1) is 0 Å². The van der Waals surface area contributed by atoms with Crippen molar-refractivity contribution in [3.63, 3.8) is 0 Å². The molecule has 1 aromatic carbocycles. The smallest absolute Gasteiger partial charge is 0.260 e. The minimum Gasteiger partial charge on any atom is -0.479 e. The minimum atomic E-state index is -0.619. The van der Waals surface area contributed by atoms with Crippen molar-refractivity contribution >= 4 is 44.1 Å². The molecule has 0 heterocycles. The lowest BCUT2D eigenvalue weighted by Gasteiger charge is -2.17. The number of hydrogen-bond acceptors (Lipinski definition) is 3. The maximum atomic E-state index is 12.0. The largest absolute Gasteiger partial charge is 0.479 e. The van der Waals surface area contributed by atoms with Crippen molar-refractivity contribution in [1.82, 2.24) is 5.32 Å². The molecular formula is C15H19Br2NO3. The average molecular weight is 421 g/mol. The quantitative estimate of drug-likeness (QED) is 0.679. The first-order valence-electron chi connectivity index (χ1n) is 6.73. The molecule has 1 atom stereocenters. The molecule has 0 aliphatic carbocycles. The summed E-state index contributed by atoms with van der Waals surface area (Å²) in [5.74, 6) is 0.890. The Balaban J connectivity index is 2.68. The van der Waals surface area contributed by atoms with Crippen LogP contribution < -0.4 is 10.1 Å². The van der Waals surface area contributed by atoms with Crippen molar-refractivity contribution in [2.24, 2.45) is 5.92 Å². The molecule has 1 amide bonds. The highest BCUT2D eigenvalue weighted by molar-refractivity contribution is 9.11. The lowest BCUT2D eigenvalue weighted by atomic mass is 10.1. The Morgan fingerprint density at radius 1 is 1.29 bits per heavy atom. The molecule has 0 saturated carbocycles. The van der Waals surface area contributed by atoms with Gasteiger partial charge >= 0.3 is 0 Å². The Morgan fingerprint density at radius 2 is 1.86 bits per heavy atom. The van der Waals surface area contributed by atoms with E-state index in [2.05, 4.69) is 51.0 Å². The minimum absolute atomic E-state index is 0.158. The number of hydrogen-bond donors (Lipinski definition) is 1. The topological polar surface area (TPSA) is 55.4 Å². The van der Waals surface area contributed by atoms with E-state index in [4.69, 9.17) is 4.74 Å². The summed E-state index contributed by atoms with van der Waals surface area (Å²) in [6.45, 7) is 6.54. The van der Waals surface area contributed by atoms with Gasteiger partial charge in [0.05, 0.1) is 8.95 Å². The number of ether oxygens (including phenoxy) is 1. The van der Waals surface area contributed by atoms with Crippen LogP contribution >= 0.6 is 31.9 Å². The lowest BCUT2D eigenvalue weighted by molar-refractivity contribution is -0.127. The molecule has 4 nitrogen and oxygen atoms in total. The SMILES string of the molecule is CC(C)CCNC(=O)C(C)Oc1c(Br)cc(C=O)cc1Br. The van der Waals surface area contributed by atoms with Gasteiger partial charge in [0.15, 0.2) is 6.10 Å². The zero-order valence-corrected chi connectivity index (χ0v) is 15.5. The van der Waals surface area contributed by atoms with E-state index in [1.807, 2.05) is 0 Å². The Labute approximate surface area is 141 Å². The Morgan fingerprint density at radius 3 is 2.33 bits per heavy atom. The zero-order chi connectivity index (χ0) is 16.0. The van der Waals surface area contributed by atoms with E-state index in [1.165, 1.54) is 0 Å². The van der Waals surface area contributed by atoms with Gasteiger partial charge in [-0.1, -0.05) is 13.8 Å². The van der Waals surface area contributed by atoms with Gasteiger partial charge in [-0.05, 0) is 63.3 Å². The molecule has 0 aliphatic rings. The van der Waals surface area contributed by atoms with E-state index in [1.54, 1.807) is 19.1 Å². The first-order chi connectivity index (χ1) is 9.85. The number of carbonyl (C=O) groups excluding carboxylic acids is 2. The van der Waals surface area contributed by atoms with Gasteiger partial charge in [0.2, 0.25) is 0 Å². The third kappa shape index (κ3) is 5.79. The highest BCUT2D eigenvalue weighted by Gasteiger charge is 2.18. The number of halogens is 2. The first kappa shape index (κ1) is 18.2. The van der Waals surface area contributed by atoms with Gasteiger partial charge in [0.25, 0.3) is 5.91 Å². The monoisotopic (exact) mass is 419 g/mol. The Bertz CT molecular complexity index is 495. The molecule has 0 saturated heterocycles. The Hall–Kier alpha value is -0.880. The maximum Gasteiger partial charge on any atom is 0.260 e. The van der Waals surface area contributed by atoms with Crippen molar-refractivity contribution in [2.75, 3.05) is 6.54 Å². The molecule has 21 heavy (non-hydrogen) atoms. The molecule has 6 heteroatoms. The second kappa shape index (κ2) is 8.54. The predicted octanol–water partition coefficient (Wildman–Crippen LogP) is 3.95. The summed E-state index contributed by atoms with van der Waals surface area (Å²) in [5, 5.41) is 2.84. The molecule has 1 N–H and O–H groups in total.